The molecule has 0 spiro atoms. The van der Waals surface area contributed by atoms with Crippen LogP contribution in [-0.4, -0.2) is 22.5 Å². The summed E-state index contributed by atoms with van der Waals surface area (Å²) in [6.07, 6.45) is 0. The van der Waals surface area contributed by atoms with Gasteiger partial charge in [0.25, 0.3) is 0 Å². The Morgan fingerprint density at radius 1 is 1.15 bits per heavy atom. The van der Waals surface area contributed by atoms with Gasteiger partial charge in [0, 0.05) is 5.56 Å². The Hall–Kier alpha value is -2.33. The zero-order chi connectivity index (χ0) is 14.1. The second kappa shape index (κ2) is 4.98. The van der Waals surface area contributed by atoms with E-state index in [0.717, 1.165) is 5.56 Å². The van der Waals surface area contributed by atoms with E-state index in [2.05, 4.69) is 4.98 Å². The molecule has 0 fully saturated rings. The zero-order valence-electron chi connectivity index (χ0n) is 10.7. The molecule has 1 aromatic carbocycles. The number of esters is 1. The Balaban J connectivity index is 2.36. The number of hydrogen-bond acceptors (Lipinski definition) is 3. The van der Waals surface area contributed by atoms with Crippen LogP contribution in [-0.2, 0) is 4.74 Å². The van der Waals surface area contributed by atoms with Crippen LogP contribution in [0, 0.1) is 0 Å². The van der Waals surface area contributed by atoms with Crippen LogP contribution in [0.4, 0.5) is 0 Å². The van der Waals surface area contributed by atoms with Gasteiger partial charge in [0.1, 0.15) is 11.5 Å². The van der Waals surface area contributed by atoms with Crippen molar-refractivity contribution in [1.82, 2.24) is 9.38 Å². The maximum absolute atomic E-state index is 11.9. The SMILES string of the molecule is COC(=O)c1cccc2c(Cl)nc(-c3ccccc3)n12. The fourth-order valence-electron chi connectivity index (χ4n) is 2.14. The van der Waals surface area contributed by atoms with Gasteiger partial charge in [-0.1, -0.05) is 48.0 Å². The first kappa shape index (κ1) is 12.7. The number of carbonyl (C=O) groups excluding carboxylic acids is 1. The predicted octanol–water partition coefficient (Wildman–Crippen LogP) is 3.44. The number of halogens is 1. The molecule has 2 heterocycles. The monoisotopic (exact) mass is 286 g/mol. The number of aromatic nitrogens is 2. The Morgan fingerprint density at radius 2 is 1.90 bits per heavy atom. The minimum atomic E-state index is -0.429. The van der Waals surface area contributed by atoms with Gasteiger partial charge >= 0.3 is 5.97 Å². The molecule has 100 valence electrons. The lowest BCUT2D eigenvalue weighted by molar-refractivity contribution is 0.0592. The highest BCUT2D eigenvalue weighted by atomic mass is 35.5. The third-order valence-corrected chi connectivity index (χ3v) is 3.32. The van der Waals surface area contributed by atoms with Crippen molar-refractivity contribution in [2.75, 3.05) is 7.11 Å². The van der Waals surface area contributed by atoms with E-state index >= 15 is 0 Å². The molecule has 20 heavy (non-hydrogen) atoms. The summed E-state index contributed by atoms with van der Waals surface area (Å²) < 4.78 is 6.53. The molecular weight excluding hydrogens is 276 g/mol. The van der Waals surface area contributed by atoms with Gasteiger partial charge in [-0.2, -0.15) is 0 Å². The predicted molar refractivity (Wildman–Crippen MR) is 77.0 cm³/mol. The van der Waals surface area contributed by atoms with E-state index in [1.807, 2.05) is 36.4 Å². The van der Waals surface area contributed by atoms with Crippen LogP contribution < -0.4 is 0 Å². The highest BCUT2D eigenvalue weighted by molar-refractivity contribution is 6.33. The van der Waals surface area contributed by atoms with Crippen LogP contribution in [0.2, 0.25) is 5.15 Å². The van der Waals surface area contributed by atoms with E-state index in [-0.39, 0.29) is 0 Å². The lowest BCUT2D eigenvalue weighted by Crippen LogP contribution is -2.08. The summed E-state index contributed by atoms with van der Waals surface area (Å²) in [6, 6.07) is 14.8. The molecule has 0 saturated carbocycles. The van der Waals surface area contributed by atoms with Crippen molar-refractivity contribution in [3.63, 3.8) is 0 Å². The van der Waals surface area contributed by atoms with Crippen molar-refractivity contribution in [1.29, 1.82) is 0 Å². The van der Waals surface area contributed by atoms with Gasteiger partial charge < -0.3 is 4.74 Å². The van der Waals surface area contributed by atoms with Crippen LogP contribution in [0.15, 0.2) is 48.5 Å². The van der Waals surface area contributed by atoms with Crippen molar-refractivity contribution < 1.29 is 9.53 Å². The van der Waals surface area contributed by atoms with E-state index in [9.17, 15) is 4.79 Å². The maximum atomic E-state index is 11.9. The molecule has 5 heteroatoms. The fourth-order valence-corrected chi connectivity index (χ4v) is 2.37. The van der Waals surface area contributed by atoms with Gasteiger partial charge in [-0.05, 0) is 12.1 Å². The molecular formula is C15H11ClN2O2. The van der Waals surface area contributed by atoms with Crippen molar-refractivity contribution in [3.05, 3.63) is 59.4 Å². The molecule has 0 N–H and O–H groups in total. The average molecular weight is 287 g/mol. The first-order valence-electron chi connectivity index (χ1n) is 6.03. The number of nitrogens with zero attached hydrogens (tertiary/aromatic N) is 2. The largest absolute Gasteiger partial charge is 0.464 e. The highest BCUT2D eigenvalue weighted by Crippen LogP contribution is 2.27. The van der Waals surface area contributed by atoms with Gasteiger partial charge in [-0.3, -0.25) is 4.40 Å². The van der Waals surface area contributed by atoms with Crippen molar-refractivity contribution in [3.8, 4) is 11.4 Å². The molecule has 0 aliphatic carbocycles. The number of carbonyl (C=O) groups is 1. The molecule has 0 radical (unpaired) electrons. The van der Waals surface area contributed by atoms with Gasteiger partial charge in [-0.25, -0.2) is 9.78 Å². The lowest BCUT2D eigenvalue weighted by atomic mass is 10.2. The number of pyridine rings is 1. The van der Waals surface area contributed by atoms with E-state index < -0.39 is 5.97 Å². The number of hydrogen-bond donors (Lipinski definition) is 0. The van der Waals surface area contributed by atoms with Crippen molar-refractivity contribution in [2.45, 2.75) is 0 Å². The molecule has 0 aliphatic rings. The second-order valence-electron chi connectivity index (χ2n) is 4.22. The smallest absolute Gasteiger partial charge is 0.355 e. The van der Waals surface area contributed by atoms with E-state index in [0.29, 0.717) is 22.2 Å². The third-order valence-electron chi connectivity index (χ3n) is 3.04. The summed E-state index contributed by atoms with van der Waals surface area (Å²) in [5, 5.41) is 0.356. The molecule has 0 saturated heterocycles. The van der Waals surface area contributed by atoms with Gasteiger partial charge in [0.2, 0.25) is 0 Å². The summed E-state index contributed by atoms with van der Waals surface area (Å²) in [4.78, 5) is 16.3. The van der Waals surface area contributed by atoms with Gasteiger partial charge in [0.05, 0.1) is 12.6 Å². The minimum Gasteiger partial charge on any atom is -0.464 e. The third kappa shape index (κ3) is 1.94. The van der Waals surface area contributed by atoms with E-state index in [4.69, 9.17) is 16.3 Å². The summed E-state index contributed by atoms with van der Waals surface area (Å²) in [5.41, 5.74) is 1.95. The van der Waals surface area contributed by atoms with Crippen molar-refractivity contribution in [2.24, 2.45) is 0 Å². The van der Waals surface area contributed by atoms with Crippen LogP contribution in [0.25, 0.3) is 16.9 Å². The molecule has 3 rings (SSSR count). The quantitative estimate of drug-likeness (QED) is 0.678. The number of rotatable bonds is 2. The molecule has 0 unspecified atom stereocenters. The van der Waals surface area contributed by atoms with Gasteiger partial charge in [0.15, 0.2) is 5.15 Å². The Morgan fingerprint density at radius 3 is 2.60 bits per heavy atom. The number of benzene rings is 1. The Bertz CT molecular complexity index is 781. The number of ether oxygens (including phenoxy) is 1. The van der Waals surface area contributed by atoms with E-state index in [1.54, 1.807) is 16.5 Å². The average Bonchev–Trinajstić information content (AvgIpc) is 2.85. The summed E-state index contributed by atoms with van der Waals surface area (Å²) in [6.45, 7) is 0. The zero-order valence-corrected chi connectivity index (χ0v) is 11.5. The van der Waals surface area contributed by atoms with Crippen LogP contribution >= 0.6 is 11.6 Å². The molecule has 2 aromatic heterocycles. The summed E-state index contributed by atoms with van der Waals surface area (Å²) >= 11 is 6.16. The number of fused-ring (bicyclic) bond motifs is 1. The molecule has 4 nitrogen and oxygen atoms in total. The molecule has 3 aromatic rings. The van der Waals surface area contributed by atoms with Crippen LogP contribution in [0.1, 0.15) is 10.5 Å². The Labute approximate surface area is 120 Å². The Kier molecular flexibility index (Phi) is 3.16. The fraction of sp³-hybridized carbons (Fsp3) is 0.0667. The molecule has 0 aliphatic heterocycles. The second-order valence-corrected chi connectivity index (χ2v) is 4.57. The molecule has 0 bridgehead atoms. The number of imidazole rings is 1. The number of methoxy groups -OCH3 is 1. The summed E-state index contributed by atoms with van der Waals surface area (Å²) in [5.74, 6) is 0.188. The topological polar surface area (TPSA) is 43.6 Å². The molecule has 0 atom stereocenters. The van der Waals surface area contributed by atoms with Crippen molar-refractivity contribution >= 4 is 23.1 Å². The minimum absolute atomic E-state index is 0.356. The van der Waals surface area contributed by atoms with E-state index in [1.165, 1.54) is 7.11 Å². The standard InChI is InChI=1S/C15H11ClN2O2/c1-20-15(19)12-9-5-8-11-13(16)17-14(18(11)12)10-6-3-2-4-7-10/h2-9H,1H3. The summed E-state index contributed by atoms with van der Waals surface area (Å²) in [7, 11) is 1.35. The normalized spacial score (nSPS) is 10.7. The highest BCUT2D eigenvalue weighted by Gasteiger charge is 2.18. The molecule has 0 amide bonds. The first-order valence-corrected chi connectivity index (χ1v) is 6.41. The lowest BCUT2D eigenvalue weighted by Gasteiger charge is -2.06. The van der Waals surface area contributed by atoms with Crippen LogP contribution in [0.5, 0.6) is 0 Å². The van der Waals surface area contributed by atoms with Gasteiger partial charge in [-0.15, -0.1) is 0 Å². The maximum Gasteiger partial charge on any atom is 0.355 e. The van der Waals surface area contributed by atoms with Crippen LogP contribution in [0.3, 0.4) is 0 Å². The first-order chi connectivity index (χ1) is 9.72.